The standard InChI is InChI=1S/C17H20F3N3O6S/c18-17(19,20)29-13-1-3-14(4-2-13)30(26,27)23-7-5-21(6-8-23)15(24)16(25)22-9-11-28-12-10-22/h1-4H,5-12H2. The van der Waals surface area contributed by atoms with Crippen molar-refractivity contribution in [2.24, 2.45) is 0 Å². The molecule has 166 valence electrons. The Morgan fingerprint density at radius 2 is 1.37 bits per heavy atom. The quantitative estimate of drug-likeness (QED) is 0.613. The van der Waals surface area contributed by atoms with Gasteiger partial charge in [0.05, 0.1) is 18.1 Å². The van der Waals surface area contributed by atoms with Crippen molar-refractivity contribution in [3.8, 4) is 5.75 Å². The molecule has 0 radical (unpaired) electrons. The zero-order chi connectivity index (χ0) is 21.9. The first-order valence-corrected chi connectivity index (χ1v) is 10.5. The molecule has 0 unspecified atom stereocenters. The summed E-state index contributed by atoms with van der Waals surface area (Å²) in [6.07, 6.45) is -4.87. The molecule has 2 aliphatic heterocycles. The zero-order valence-corrected chi connectivity index (χ0v) is 16.6. The van der Waals surface area contributed by atoms with E-state index >= 15 is 0 Å². The van der Waals surface area contributed by atoms with Gasteiger partial charge in [0.15, 0.2) is 0 Å². The summed E-state index contributed by atoms with van der Waals surface area (Å²) >= 11 is 0. The molecule has 9 nitrogen and oxygen atoms in total. The third-order valence-corrected chi connectivity index (χ3v) is 6.62. The number of rotatable bonds is 3. The van der Waals surface area contributed by atoms with Crippen molar-refractivity contribution in [2.45, 2.75) is 11.3 Å². The zero-order valence-electron chi connectivity index (χ0n) is 15.8. The number of piperazine rings is 1. The van der Waals surface area contributed by atoms with Gasteiger partial charge in [-0.15, -0.1) is 13.2 Å². The van der Waals surface area contributed by atoms with Crippen LogP contribution in [-0.2, 0) is 24.3 Å². The molecule has 1 aromatic rings. The lowest BCUT2D eigenvalue weighted by Crippen LogP contribution is -2.55. The van der Waals surface area contributed by atoms with Gasteiger partial charge in [-0.05, 0) is 24.3 Å². The molecule has 3 rings (SSSR count). The van der Waals surface area contributed by atoms with Crippen LogP contribution in [0.15, 0.2) is 29.2 Å². The highest BCUT2D eigenvalue weighted by Gasteiger charge is 2.35. The maximum atomic E-state index is 12.7. The summed E-state index contributed by atoms with van der Waals surface area (Å²) in [5.74, 6) is -1.86. The molecule has 0 aliphatic carbocycles. The number of sulfonamides is 1. The van der Waals surface area contributed by atoms with Crippen molar-refractivity contribution in [1.82, 2.24) is 14.1 Å². The largest absolute Gasteiger partial charge is 0.573 e. The molecule has 0 atom stereocenters. The number of morpholine rings is 1. The van der Waals surface area contributed by atoms with Crippen molar-refractivity contribution in [2.75, 3.05) is 52.5 Å². The number of carbonyl (C=O) groups is 2. The number of alkyl halides is 3. The molecule has 2 saturated heterocycles. The summed E-state index contributed by atoms with van der Waals surface area (Å²) in [6.45, 7) is 1.36. The van der Waals surface area contributed by atoms with E-state index in [-0.39, 0.29) is 31.1 Å². The van der Waals surface area contributed by atoms with Crippen LogP contribution in [0.4, 0.5) is 13.2 Å². The van der Waals surface area contributed by atoms with Crippen molar-refractivity contribution in [3.63, 3.8) is 0 Å². The Morgan fingerprint density at radius 3 is 1.87 bits per heavy atom. The van der Waals surface area contributed by atoms with Gasteiger partial charge in [0, 0.05) is 39.3 Å². The minimum Gasteiger partial charge on any atom is -0.406 e. The van der Waals surface area contributed by atoms with Crippen LogP contribution in [0, 0.1) is 0 Å². The third-order valence-electron chi connectivity index (χ3n) is 4.70. The molecule has 13 heteroatoms. The van der Waals surface area contributed by atoms with E-state index in [0.29, 0.717) is 26.3 Å². The number of hydrogen-bond acceptors (Lipinski definition) is 6. The molecule has 0 bridgehead atoms. The highest BCUT2D eigenvalue weighted by Crippen LogP contribution is 2.25. The van der Waals surface area contributed by atoms with Crippen molar-refractivity contribution in [3.05, 3.63) is 24.3 Å². The smallest absolute Gasteiger partial charge is 0.406 e. The molecule has 0 aromatic heterocycles. The number of hydrogen-bond donors (Lipinski definition) is 0. The second-order valence-corrected chi connectivity index (χ2v) is 8.56. The molecule has 2 fully saturated rings. The number of carbonyl (C=O) groups excluding carboxylic acids is 2. The Bertz CT molecular complexity index is 877. The van der Waals surface area contributed by atoms with Crippen LogP contribution in [-0.4, -0.2) is 93.2 Å². The normalized spacial score (nSPS) is 18.9. The van der Waals surface area contributed by atoms with E-state index in [9.17, 15) is 31.2 Å². The molecular weight excluding hydrogens is 431 g/mol. The molecule has 0 saturated carbocycles. The topological polar surface area (TPSA) is 96.5 Å². The fourth-order valence-electron chi connectivity index (χ4n) is 3.13. The highest BCUT2D eigenvalue weighted by atomic mass is 32.2. The highest BCUT2D eigenvalue weighted by molar-refractivity contribution is 7.89. The molecule has 2 amide bonds. The van der Waals surface area contributed by atoms with Crippen LogP contribution < -0.4 is 4.74 Å². The van der Waals surface area contributed by atoms with Gasteiger partial charge in [0.2, 0.25) is 10.0 Å². The lowest BCUT2D eigenvalue weighted by atomic mass is 10.3. The van der Waals surface area contributed by atoms with E-state index in [0.717, 1.165) is 28.6 Å². The Balaban J connectivity index is 1.59. The number of ether oxygens (including phenoxy) is 2. The van der Waals surface area contributed by atoms with Gasteiger partial charge in [0.1, 0.15) is 5.75 Å². The van der Waals surface area contributed by atoms with E-state index in [1.54, 1.807) is 0 Å². The van der Waals surface area contributed by atoms with Crippen LogP contribution in [0.3, 0.4) is 0 Å². The van der Waals surface area contributed by atoms with Gasteiger partial charge < -0.3 is 19.3 Å². The maximum Gasteiger partial charge on any atom is 0.573 e. The Labute approximate surface area is 171 Å². The maximum absolute atomic E-state index is 12.7. The first kappa shape index (κ1) is 22.3. The van der Waals surface area contributed by atoms with Crippen molar-refractivity contribution < 1.29 is 40.7 Å². The van der Waals surface area contributed by atoms with Crippen LogP contribution in [0.25, 0.3) is 0 Å². The number of halogens is 3. The summed E-state index contributed by atoms with van der Waals surface area (Å²) in [5.41, 5.74) is 0. The van der Waals surface area contributed by atoms with E-state index in [2.05, 4.69) is 4.74 Å². The molecular formula is C17H20F3N3O6S. The summed E-state index contributed by atoms with van der Waals surface area (Å²) in [5, 5.41) is 0. The molecule has 2 aliphatic rings. The van der Waals surface area contributed by atoms with Crippen molar-refractivity contribution >= 4 is 21.8 Å². The second kappa shape index (κ2) is 8.78. The minimum atomic E-state index is -4.87. The van der Waals surface area contributed by atoms with E-state index in [4.69, 9.17) is 4.74 Å². The fourth-order valence-corrected chi connectivity index (χ4v) is 4.55. The minimum absolute atomic E-state index is 0.0312. The first-order valence-electron chi connectivity index (χ1n) is 9.10. The SMILES string of the molecule is O=C(C(=O)N1CCN(S(=O)(=O)c2ccc(OC(F)(F)F)cc2)CC1)N1CCOCC1. The molecule has 0 N–H and O–H groups in total. The predicted octanol–water partition coefficient (Wildman–Crippen LogP) is 0.277. The first-order chi connectivity index (χ1) is 14.1. The van der Waals surface area contributed by atoms with Crippen molar-refractivity contribution in [1.29, 1.82) is 0 Å². The molecule has 1 aromatic carbocycles. The lowest BCUT2D eigenvalue weighted by Gasteiger charge is -2.35. The van der Waals surface area contributed by atoms with Crippen LogP contribution >= 0.6 is 0 Å². The van der Waals surface area contributed by atoms with Gasteiger partial charge in [-0.1, -0.05) is 0 Å². The fraction of sp³-hybridized carbons (Fsp3) is 0.529. The molecule has 30 heavy (non-hydrogen) atoms. The Hall–Kier alpha value is -2.38. The van der Waals surface area contributed by atoms with E-state index < -0.39 is 33.9 Å². The van der Waals surface area contributed by atoms with Gasteiger partial charge in [0.25, 0.3) is 0 Å². The number of nitrogens with zero attached hydrogens (tertiary/aromatic N) is 3. The van der Waals surface area contributed by atoms with E-state index in [1.807, 2.05) is 0 Å². The molecule has 0 spiro atoms. The number of amides is 2. The summed E-state index contributed by atoms with van der Waals surface area (Å²) in [4.78, 5) is 27.2. The van der Waals surface area contributed by atoms with E-state index in [1.165, 1.54) is 9.80 Å². The van der Waals surface area contributed by atoms with Crippen LogP contribution in [0.1, 0.15) is 0 Å². The van der Waals surface area contributed by atoms with Crippen LogP contribution in [0.5, 0.6) is 5.75 Å². The van der Waals surface area contributed by atoms with Gasteiger partial charge in [-0.2, -0.15) is 4.31 Å². The Morgan fingerprint density at radius 1 is 0.867 bits per heavy atom. The Kier molecular flexibility index (Phi) is 6.53. The van der Waals surface area contributed by atoms with Crippen LogP contribution in [0.2, 0.25) is 0 Å². The summed E-state index contributed by atoms with van der Waals surface area (Å²) in [7, 11) is -3.97. The lowest BCUT2D eigenvalue weighted by molar-refractivity contribution is -0.274. The summed E-state index contributed by atoms with van der Waals surface area (Å²) < 4.78 is 72.1. The predicted molar refractivity (Wildman–Crippen MR) is 95.9 cm³/mol. The summed E-state index contributed by atoms with van der Waals surface area (Å²) in [6, 6.07) is 3.88. The van der Waals surface area contributed by atoms with Gasteiger partial charge in [-0.25, -0.2) is 8.42 Å². The number of benzene rings is 1. The average molecular weight is 451 g/mol. The van der Waals surface area contributed by atoms with Gasteiger partial charge in [-0.3, -0.25) is 9.59 Å². The van der Waals surface area contributed by atoms with Gasteiger partial charge >= 0.3 is 18.2 Å². The molecule has 2 heterocycles. The third kappa shape index (κ3) is 5.21. The average Bonchev–Trinajstić information content (AvgIpc) is 2.72. The monoisotopic (exact) mass is 451 g/mol. The second-order valence-electron chi connectivity index (χ2n) is 6.62.